The molecule has 0 aromatic heterocycles. The van der Waals surface area contributed by atoms with Crippen LogP contribution in [0.5, 0.6) is 5.75 Å². The lowest BCUT2D eigenvalue weighted by Gasteiger charge is -2.07. The molecule has 0 aliphatic heterocycles. The van der Waals surface area contributed by atoms with Gasteiger partial charge in [0.05, 0.1) is 22.4 Å². The largest absolute Gasteiger partial charge is 0.422 e. The summed E-state index contributed by atoms with van der Waals surface area (Å²) in [4.78, 5) is 24.6. The Hall–Kier alpha value is -3.15. The first-order valence-corrected chi connectivity index (χ1v) is 9.36. The van der Waals surface area contributed by atoms with E-state index in [9.17, 15) is 9.59 Å². The minimum Gasteiger partial charge on any atom is -0.422 e. The number of aryl methyl sites for hydroxylation is 1. The molecule has 3 aromatic rings. The summed E-state index contributed by atoms with van der Waals surface area (Å²) in [6.07, 6.45) is 1.39. The van der Waals surface area contributed by atoms with Gasteiger partial charge in [-0.1, -0.05) is 53.0 Å². The van der Waals surface area contributed by atoms with Crippen LogP contribution in [0.3, 0.4) is 0 Å². The monoisotopic (exact) mass is 426 g/mol. The maximum atomic E-state index is 12.3. The van der Waals surface area contributed by atoms with Gasteiger partial charge in [-0.2, -0.15) is 5.10 Å². The van der Waals surface area contributed by atoms with Gasteiger partial charge in [-0.05, 0) is 49.4 Å². The number of hydrazone groups is 1. The molecule has 1 amide bonds. The molecule has 3 aromatic carbocycles. The van der Waals surface area contributed by atoms with Crippen molar-refractivity contribution in [2.45, 2.75) is 6.92 Å². The number of hydrogen-bond acceptors (Lipinski definition) is 4. The average Bonchev–Trinajstić information content (AvgIpc) is 2.69. The fourth-order valence-electron chi connectivity index (χ4n) is 2.42. The molecule has 0 saturated carbocycles. The lowest BCUT2D eigenvalue weighted by molar-refractivity contribution is 0.0734. The molecule has 0 aliphatic rings. The Morgan fingerprint density at radius 1 is 1.00 bits per heavy atom. The number of nitrogens with one attached hydrogen (secondary N) is 1. The Bertz CT molecular complexity index is 1080. The Morgan fingerprint density at radius 3 is 2.45 bits per heavy atom. The molecule has 0 radical (unpaired) electrons. The van der Waals surface area contributed by atoms with Crippen LogP contribution in [0, 0.1) is 6.92 Å². The molecule has 0 bridgehead atoms. The van der Waals surface area contributed by atoms with Crippen LogP contribution in [0.15, 0.2) is 71.8 Å². The maximum absolute atomic E-state index is 12.3. The van der Waals surface area contributed by atoms with Gasteiger partial charge < -0.3 is 4.74 Å². The number of rotatable bonds is 5. The van der Waals surface area contributed by atoms with Crippen LogP contribution in [0.4, 0.5) is 0 Å². The van der Waals surface area contributed by atoms with Crippen molar-refractivity contribution in [3.8, 4) is 5.75 Å². The summed E-state index contributed by atoms with van der Waals surface area (Å²) in [5.41, 5.74) is 4.64. The fraction of sp³-hybridized carbons (Fsp3) is 0.0455. The summed E-state index contributed by atoms with van der Waals surface area (Å²) in [5, 5.41) is 4.58. The van der Waals surface area contributed by atoms with E-state index in [0.717, 1.165) is 5.56 Å². The summed E-state index contributed by atoms with van der Waals surface area (Å²) >= 11 is 11.8. The van der Waals surface area contributed by atoms with E-state index < -0.39 is 11.9 Å². The SMILES string of the molecule is Cc1ccc(C(=O)Oc2ccccc2/C=N\NC(=O)c2ccc(Cl)cc2Cl)cc1. The number of nitrogens with zero attached hydrogens (tertiary/aromatic N) is 1. The molecule has 0 heterocycles. The average molecular weight is 427 g/mol. The van der Waals surface area contributed by atoms with Crippen molar-refractivity contribution < 1.29 is 14.3 Å². The number of benzene rings is 3. The van der Waals surface area contributed by atoms with Gasteiger partial charge in [-0.25, -0.2) is 10.2 Å². The van der Waals surface area contributed by atoms with Crippen molar-refractivity contribution in [3.63, 3.8) is 0 Å². The summed E-state index contributed by atoms with van der Waals surface area (Å²) in [6, 6.07) is 18.5. The van der Waals surface area contributed by atoms with Gasteiger partial charge in [0.2, 0.25) is 0 Å². The quantitative estimate of drug-likeness (QED) is 0.261. The molecular weight excluding hydrogens is 411 g/mol. The molecule has 0 fully saturated rings. The molecule has 146 valence electrons. The zero-order chi connectivity index (χ0) is 20.8. The number of carbonyl (C=O) groups is 2. The van der Waals surface area contributed by atoms with E-state index in [1.54, 1.807) is 42.5 Å². The third-order valence-corrected chi connectivity index (χ3v) is 4.50. The predicted molar refractivity (Wildman–Crippen MR) is 114 cm³/mol. The molecule has 0 unspecified atom stereocenters. The lowest BCUT2D eigenvalue weighted by Crippen LogP contribution is -2.18. The smallest absolute Gasteiger partial charge is 0.343 e. The first-order valence-electron chi connectivity index (χ1n) is 8.60. The molecule has 29 heavy (non-hydrogen) atoms. The van der Waals surface area contributed by atoms with Gasteiger partial charge in [0, 0.05) is 10.6 Å². The molecule has 0 atom stereocenters. The molecule has 0 saturated heterocycles. The van der Waals surface area contributed by atoms with E-state index in [1.165, 1.54) is 18.3 Å². The molecule has 3 rings (SSSR count). The zero-order valence-corrected chi connectivity index (χ0v) is 16.9. The van der Waals surface area contributed by atoms with Gasteiger partial charge in [0.25, 0.3) is 5.91 Å². The Morgan fingerprint density at radius 2 is 1.72 bits per heavy atom. The van der Waals surface area contributed by atoms with Gasteiger partial charge in [0.1, 0.15) is 5.75 Å². The van der Waals surface area contributed by atoms with Crippen molar-refractivity contribution in [3.05, 3.63) is 99.0 Å². The highest BCUT2D eigenvalue weighted by Gasteiger charge is 2.12. The number of hydrogen-bond donors (Lipinski definition) is 1. The van der Waals surface area contributed by atoms with E-state index in [-0.39, 0.29) is 10.6 Å². The van der Waals surface area contributed by atoms with Crippen molar-refractivity contribution in [2.24, 2.45) is 5.10 Å². The van der Waals surface area contributed by atoms with Crippen LogP contribution in [0.1, 0.15) is 31.8 Å². The van der Waals surface area contributed by atoms with E-state index in [2.05, 4.69) is 10.5 Å². The van der Waals surface area contributed by atoms with Crippen molar-refractivity contribution in [1.82, 2.24) is 5.43 Å². The zero-order valence-electron chi connectivity index (χ0n) is 15.4. The molecule has 7 heteroatoms. The third-order valence-electron chi connectivity index (χ3n) is 3.95. The molecule has 0 spiro atoms. The first-order chi connectivity index (χ1) is 13.9. The van der Waals surface area contributed by atoms with E-state index >= 15 is 0 Å². The van der Waals surface area contributed by atoms with E-state index in [0.29, 0.717) is 21.9 Å². The van der Waals surface area contributed by atoms with E-state index in [4.69, 9.17) is 27.9 Å². The van der Waals surface area contributed by atoms with Crippen LogP contribution in [0.25, 0.3) is 0 Å². The Balaban J connectivity index is 1.70. The van der Waals surface area contributed by atoms with Crippen molar-refractivity contribution in [2.75, 3.05) is 0 Å². The number of halogens is 2. The second-order valence-electron chi connectivity index (χ2n) is 6.12. The highest BCUT2D eigenvalue weighted by molar-refractivity contribution is 6.36. The molecule has 0 aliphatic carbocycles. The van der Waals surface area contributed by atoms with Gasteiger partial charge in [-0.3, -0.25) is 4.79 Å². The van der Waals surface area contributed by atoms with Crippen LogP contribution in [-0.4, -0.2) is 18.1 Å². The molecule has 1 N–H and O–H groups in total. The summed E-state index contributed by atoms with van der Waals surface area (Å²) in [7, 11) is 0. The predicted octanol–water partition coefficient (Wildman–Crippen LogP) is 5.28. The topological polar surface area (TPSA) is 67.8 Å². The third kappa shape index (κ3) is 5.44. The van der Waals surface area contributed by atoms with Gasteiger partial charge >= 0.3 is 5.97 Å². The van der Waals surface area contributed by atoms with Crippen LogP contribution in [0.2, 0.25) is 10.0 Å². The number of ether oxygens (including phenoxy) is 1. The normalized spacial score (nSPS) is 10.7. The van der Waals surface area contributed by atoms with E-state index in [1.807, 2.05) is 19.1 Å². The number of esters is 1. The standard InChI is InChI=1S/C22H16Cl2N2O3/c1-14-6-8-15(9-7-14)22(28)29-20-5-3-2-4-16(20)13-25-26-21(27)18-11-10-17(23)12-19(18)24/h2-13H,1H3,(H,26,27)/b25-13-. The maximum Gasteiger partial charge on any atom is 0.343 e. The van der Waals surface area contributed by atoms with Gasteiger partial charge in [-0.15, -0.1) is 0 Å². The highest BCUT2D eigenvalue weighted by atomic mass is 35.5. The molecule has 5 nitrogen and oxygen atoms in total. The second-order valence-corrected chi connectivity index (χ2v) is 6.96. The number of carbonyl (C=O) groups excluding carboxylic acids is 2. The molecular formula is C22H16Cl2N2O3. The minimum atomic E-state index is -0.489. The summed E-state index contributed by atoms with van der Waals surface area (Å²) in [6.45, 7) is 1.94. The first kappa shape index (κ1) is 20.6. The number of amides is 1. The van der Waals surface area contributed by atoms with Crippen LogP contribution < -0.4 is 10.2 Å². The summed E-state index contributed by atoms with van der Waals surface area (Å²) in [5.74, 6) is -0.652. The van der Waals surface area contributed by atoms with Crippen LogP contribution >= 0.6 is 23.2 Å². The highest BCUT2D eigenvalue weighted by Crippen LogP contribution is 2.21. The number of para-hydroxylation sites is 1. The fourth-order valence-corrected chi connectivity index (χ4v) is 2.92. The van der Waals surface area contributed by atoms with Crippen LogP contribution in [-0.2, 0) is 0 Å². The summed E-state index contributed by atoms with van der Waals surface area (Å²) < 4.78 is 5.47. The van der Waals surface area contributed by atoms with Crippen molar-refractivity contribution >= 4 is 41.3 Å². The van der Waals surface area contributed by atoms with Crippen molar-refractivity contribution in [1.29, 1.82) is 0 Å². The minimum absolute atomic E-state index is 0.220. The second kappa shape index (κ2) is 9.37. The lowest BCUT2D eigenvalue weighted by atomic mass is 10.1. The Labute approximate surface area is 177 Å². The Kier molecular flexibility index (Phi) is 6.65. The van der Waals surface area contributed by atoms with Gasteiger partial charge in [0.15, 0.2) is 0 Å².